The number of carbonyl (C=O) groups excluding carboxylic acids is 1. The minimum atomic E-state index is -0.0119. The van der Waals surface area contributed by atoms with Gasteiger partial charge < -0.3 is 20.5 Å². The minimum absolute atomic E-state index is 0.0119. The van der Waals surface area contributed by atoms with Crippen molar-refractivity contribution < 1.29 is 14.3 Å². The summed E-state index contributed by atoms with van der Waals surface area (Å²) in [5.41, 5.74) is 11.6. The topological polar surface area (TPSA) is 73.6 Å². The third-order valence-electron chi connectivity index (χ3n) is 6.01. The van der Waals surface area contributed by atoms with Crippen LogP contribution in [0.4, 0.5) is 0 Å². The largest absolute Gasteiger partial charge is 0.490 e. The Morgan fingerprint density at radius 2 is 1.55 bits per heavy atom. The van der Waals surface area contributed by atoms with Gasteiger partial charge in [0.2, 0.25) is 5.91 Å². The van der Waals surface area contributed by atoms with Gasteiger partial charge in [-0.25, -0.2) is 0 Å². The highest BCUT2D eigenvalue weighted by Crippen LogP contribution is 2.32. The molecular weight excluding hydrogens is 472 g/mol. The zero-order valence-corrected chi connectivity index (χ0v) is 22.4. The number of rotatable bonds is 11. The van der Waals surface area contributed by atoms with Crippen molar-refractivity contribution in [3.8, 4) is 11.5 Å². The maximum absolute atomic E-state index is 12.6. The Labute approximate surface area is 226 Å². The van der Waals surface area contributed by atoms with Crippen LogP contribution in [-0.4, -0.2) is 19.1 Å². The third-order valence-corrected chi connectivity index (χ3v) is 6.01. The quantitative estimate of drug-likeness (QED) is 0.294. The van der Waals surface area contributed by atoms with E-state index in [1.165, 1.54) is 5.56 Å². The van der Waals surface area contributed by atoms with Gasteiger partial charge in [-0.05, 0) is 72.7 Å². The van der Waals surface area contributed by atoms with Crippen molar-refractivity contribution in [1.82, 2.24) is 5.32 Å². The average molecular weight is 511 g/mol. The molecule has 1 amide bonds. The molecule has 0 unspecified atom stereocenters. The van der Waals surface area contributed by atoms with E-state index in [2.05, 4.69) is 30.1 Å². The maximum atomic E-state index is 12.6. The summed E-state index contributed by atoms with van der Waals surface area (Å²) in [6.45, 7) is 9.83. The molecule has 5 heteroatoms. The smallest absolute Gasteiger partial charge is 0.224 e. The lowest BCUT2D eigenvalue weighted by atomic mass is 10.0. The van der Waals surface area contributed by atoms with Crippen LogP contribution in [0, 0.1) is 0 Å². The maximum Gasteiger partial charge on any atom is 0.224 e. The molecule has 0 aromatic heterocycles. The average Bonchev–Trinajstić information content (AvgIpc) is 3.42. The van der Waals surface area contributed by atoms with E-state index in [4.69, 9.17) is 15.2 Å². The molecule has 0 spiro atoms. The summed E-state index contributed by atoms with van der Waals surface area (Å²) in [5, 5.41) is 3.06. The van der Waals surface area contributed by atoms with E-state index in [1.54, 1.807) is 0 Å². The van der Waals surface area contributed by atoms with Crippen LogP contribution in [0.15, 0.2) is 103 Å². The van der Waals surface area contributed by atoms with Crippen LogP contribution in [0.1, 0.15) is 49.8 Å². The van der Waals surface area contributed by atoms with E-state index in [1.807, 2.05) is 86.7 Å². The van der Waals surface area contributed by atoms with Gasteiger partial charge in [0.05, 0.1) is 13.2 Å². The van der Waals surface area contributed by atoms with E-state index in [0.717, 1.165) is 40.1 Å². The lowest BCUT2D eigenvalue weighted by Gasteiger charge is -2.14. The standard InChI is InChI=1S/C26H29NO3.C7H9N/c1-4-29-24-16-15-21(18-25(24)30-5-2)19(3)14-17-26(28)27-23-13-9-12-22(23)20-10-7-6-8-11-20;8-6-7-4-2-1-3-5-7/h6-11,13,15-16,18H,3-5,12,14,17H2,1-2H3,(H,27,28);1-5H,6,8H2. The van der Waals surface area contributed by atoms with Crippen molar-refractivity contribution >= 4 is 17.1 Å². The molecule has 0 bridgehead atoms. The highest BCUT2D eigenvalue weighted by atomic mass is 16.5. The van der Waals surface area contributed by atoms with E-state index >= 15 is 0 Å². The Morgan fingerprint density at radius 1 is 0.895 bits per heavy atom. The van der Waals surface area contributed by atoms with Gasteiger partial charge in [-0.2, -0.15) is 0 Å². The number of allylic oxidation sites excluding steroid dienone is 4. The summed E-state index contributed by atoms with van der Waals surface area (Å²) in [5.74, 6) is 1.42. The number of benzene rings is 3. The summed E-state index contributed by atoms with van der Waals surface area (Å²) in [6, 6.07) is 25.9. The SMILES string of the molecule is C=C(CCC(=O)NC1=C(c2ccccc2)CC=C1)c1ccc(OCC)c(OCC)c1.NCc1ccccc1. The number of amides is 1. The van der Waals surface area contributed by atoms with Crippen molar-refractivity contribution in [2.45, 2.75) is 39.7 Å². The zero-order chi connectivity index (χ0) is 27.2. The molecule has 4 rings (SSSR count). The summed E-state index contributed by atoms with van der Waals surface area (Å²) >= 11 is 0. The van der Waals surface area contributed by atoms with E-state index in [0.29, 0.717) is 38.3 Å². The Balaban J connectivity index is 0.000000427. The fourth-order valence-electron chi connectivity index (χ4n) is 4.04. The lowest BCUT2D eigenvalue weighted by Crippen LogP contribution is -2.21. The fraction of sp³-hybridized carbons (Fsp3) is 0.242. The first-order valence-corrected chi connectivity index (χ1v) is 13.1. The van der Waals surface area contributed by atoms with E-state index in [9.17, 15) is 4.79 Å². The van der Waals surface area contributed by atoms with Crippen molar-refractivity contribution in [3.63, 3.8) is 0 Å². The third kappa shape index (κ3) is 8.49. The number of carbonyl (C=O) groups is 1. The van der Waals surface area contributed by atoms with Gasteiger partial charge in [0.15, 0.2) is 11.5 Å². The van der Waals surface area contributed by atoms with Crippen LogP contribution in [0.5, 0.6) is 11.5 Å². The predicted octanol–water partition coefficient (Wildman–Crippen LogP) is 6.91. The molecule has 38 heavy (non-hydrogen) atoms. The summed E-state index contributed by atoms with van der Waals surface area (Å²) < 4.78 is 11.3. The number of nitrogens with one attached hydrogen (secondary N) is 1. The molecule has 0 heterocycles. The van der Waals surface area contributed by atoms with Crippen molar-refractivity contribution in [2.24, 2.45) is 5.73 Å². The second-order valence-electron chi connectivity index (χ2n) is 8.73. The molecule has 1 aliphatic rings. The van der Waals surface area contributed by atoms with Crippen LogP contribution in [0.25, 0.3) is 11.1 Å². The van der Waals surface area contributed by atoms with Crippen LogP contribution in [0.3, 0.4) is 0 Å². The van der Waals surface area contributed by atoms with Gasteiger partial charge in [0, 0.05) is 18.7 Å². The molecule has 3 N–H and O–H groups in total. The second kappa shape index (κ2) is 15.2. The molecule has 0 saturated carbocycles. The Hall–Kier alpha value is -4.09. The number of hydrogen-bond donors (Lipinski definition) is 2. The molecule has 3 aromatic rings. The molecule has 0 fully saturated rings. The van der Waals surface area contributed by atoms with Gasteiger partial charge in [0.1, 0.15) is 0 Å². The summed E-state index contributed by atoms with van der Waals surface area (Å²) in [4.78, 5) is 12.6. The van der Waals surface area contributed by atoms with Crippen LogP contribution < -0.4 is 20.5 Å². The van der Waals surface area contributed by atoms with Gasteiger partial charge in [-0.3, -0.25) is 4.79 Å². The number of nitrogens with two attached hydrogens (primary N) is 1. The second-order valence-corrected chi connectivity index (χ2v) is 8.73. The van der Waals surface area contributed by atoms with Crippen LogP contribution >= 0.6 is 0 Å². The van der Waals surface area contributed by atoms with Gasteiger partial charge in [-0.1, -0.05) is 79.4 Å². The van der Waals surface area contributed by atoms with Gasteiger partial charge >= 0.3 is 0 Å². The van der Waals surface area contributed by atoms with Crippen molar-refractivity contribution in [1.29, 1.82) is 0 Å². The first-order chi connectivity index (χ1) is 18.5. The zero-order valence-electron chi connectivity index (χ0n) is 22.4. The van der Waals surface area contributed by atoms with E-state index in [-0.39, 0.29) is 5.91 Å². The number of ether oxygens (including phenoxy) is 2. The first kappa shape index (κ1) is 28.5. The highest BCUT2D eigenvalue weighted by molar-refractivity contribution is 5.85. The molecule has 0 atom stereocenters. The summed E-state index contributed by atoms with van der Waals surface area (Å²) in [6.07, 6.45) is 5.83. The highest BCUT2D eigenvalue weighted by Gasteiger charge is 2.14. The van der Waals surface area contributed by atoms with Gasteiger partial charge in [0.25, 0.3) is 0 Å². The molecule has 0 radical (unpaired) electrons. The van der Waals surface area contributed by atoms with E-state index < -0.39 is 0 Å². The predicted molar refractivity (Wildman–Crippen MR) is 157 cm³/mol. The Bertz CT molecular complexity index is 1250. The minimum Gasteiger partial charge on any atom is -0.490 e. The first-order valence-electron chi connectivity index (χ1n) is 13.1. The fourth-order valence-corrected chi connectivity index (χ4v) is 4.04. The van der Waals surface area contributed by atoms with Crippen molar-refractivity contribution in [2.75, 3.05) is 13.2 Å². The van der Waals surface area contributed by atoms with Crippen LogP contribution in [-0.2, 0) is 11.3 Å². The molecular formula is C33H38N2O3. The van der Waals surface area contributed by atoms with Gasteiger partial charge in [-0.15, -0.1) is 0 Å². The lowest BCUT2D eigenvalue weighted by molar-refractivity contribution is -0.120. The molecule has 198 valence electrons. The molecule has 0 aliphatic heterocycles. The molecule has 0 saturated heterocycles. The Kier molecular flexibility index (Phi) is 11.4. The van der Waals surface area contributed by atoms with Crippen LogP contribution in [0.2, 0.25) is 0 Å². The Morgan fingerprint density at radius 3 is 2.18 bits per heavy atom. The van der Waals surface area contributed by atoms with Crippen molar-refractivity contribution in [3.05, 3.63) is 120 Å². The molecule has 5 nitrogen and oxygen atoms in total. The molecule has 3 aromatic carbocycles. The normalized spacial score (nSPS) is 12.0. The monoisotopic (exact) mass is 510 g/mol. The summed E-state index contributed by atoms with van der Waals surface area (Å²) in [7, 11) is 0. The number of hydrogen-bond acceptors (Lipinski definition) is 4. The molecule has 1 aliphatic carbocycles.